The number of phenols is 1. The number of hydrogen-bond donors (Lipinski definition) is 2. The van der Waals surface area contributed by atoms with Crippen molar-refractivity contribution in [2.24, 2.45) is 11.8 Å². The molecule has 1 aliphatic carbocycles. The van der Waals surface area contributed by atoms with Gasteiger partial charge in [0, 0.05) is 17.8 Å². The average molecular weight is 416 g/mol. The molecule has 2 aromatic rings. The monoisotopic (exact) mass is 416 g/mol. The van der Waals surface area contributed by atoms with Crippen LogP contribution in [0.15, 0.2) is 24.3 Å². The van der Waals surface area contributed by atoms with Crippen LogP contribution in [0.5, 0.6) is 28.7 Å². The van der Waals surface area contributed by atoms with Gasteiger partial charge >= 0.3 is 0 Å². The number of benzene rings is 2. The van der Waals surface area contributed by atoms with Crippen molar-refractivity contribution >= 4 is 17.3 Å². The molecule has 152 valence electrons. The SMILES string of the molecule is COc1cc([C@@H]2c3cc4c(cc3[C@@H](O)[C@H]3COC(=S)[C@H]23)OCO4)cc(OC)c1O. The first-order valence-corrected chi connectivity index (χ1v) is 9.67. The van der Waals surface area contributed by atoms with Crippen LogP contribution in [0.1, 0.15) is 28.7 Å². The molecule has 1 saturated heterocycles. The molecule has 0 unspecified atom stereocenters. The van der Waals surface area contributed by atoms with Gasteiger partial charge in [0.25, 0.3) is 0 Å². The lowest BCUT2D eigenvalue weighted by atomic mass is 9.66. The van der Waals surface area contributed by atoms with E-state index in [1.165, 1.54) is 14.2 Å². The normalized spacial score (nSPS) is 26.5. The first-order valence-electron chi connectivity index (χ1n) is 9.26. The molecule has 1 fully saturated rings. The van der Waals surface area contributed by atoms with E-state index in [-0.39, 0.29) is 30.3 Å². The van der Waals surface area contributed by atoms with Crippen LogP contribution in [-0.2, 0) is 4.74 Å². The third-order valence-corrected chi connectivity index (χ3v) is 6.40. The highest BCUT2D eigenvalue weighted by atomic mass is 32.1. The van der Waals surface area contributed by atoms with Gasteiger partial charge in [-0.1, -0.05) is 0 Å². The molecule has 0 saturated carbocycles. The molecule has 2 N–H and O–H groups in total. The second-order valence-corrected chi connectivity index (χ2v) is 7.75. The minimum atomic E-state index is -0.734. The number of methoxy groups -OCH3 is 2. The number of aliphatic hydroxyl groups is 1. The molecule has 0 bridgehead atoms. The van der Waals surface area contributed by atoms with Crippen molar-refractivity contribution < 1.29 is 33.9 Å². The van der Waals surface area contributed by atoms with Crippen LogP contribution in [0.4, 0.5) is 0 Å². The largest absolute Gasteiger partial charge is 0.502 e. The Kier molecular flexibility index (Phi) is 4.22. The van der Waals surface area contributed by atoms with Gasteiger partial charge in [0.15, 0.2) is 28.0 Å². The summed E-state index contributed by atoms with van der Waals surface area (Å²) in [6.45, 7) is 0.496. The van der Waals surface area contributed by atoms with Crippen LogP contribution < -0.4 is 18.9 Å². The van der Waals surface area contributed by atoms with Gasteiger partial charge in [0.1, 0.15) is 0 Å². The molecule has 0 spiro atoms. The molecule has 3 aliphatic rings. The Morgan fingerprint density at radius 1 is 0.966 bits per heavy atom. The molecular formula is C21H20O7S. The summed E-state index contributed by atoms with van der Waals surface area (Å²) in [6, 6.07) is 7.27. The molecular weight excluding hydrogens is 396 g/mol. The highest BCUT2D eigenvalue weighted by molar-refractivity contribution is 7.80. The zero-order valence-corrected chi connectivity index (χ0v) is 16.7. The molecule has 5 rings (SSSR count). The molecule has 2 aliphatic heterocycles. The van der Waals surface area contributed by atoms with Crippen LogP contribution in [0, 0.1) is 11.8 Å². The fraction of sp³-hybridized carbons (Fsp3) is 0.381. The molecule has 0 aromatic heterocycles. The Morgan fingerprint density at radius 3 is 2.21 bits per heavy atom. The van der Waals surface area contributed by atoms with Gasteiger partial charge in [-0.2, -0.15) is 0 Å². The molecule has 8 heteroatoms. The predicted octanol–water partition coefficient (Wildman–Crippen LogP) is 2.91. The van der Waals surface area contributed by atoms with Gasteiger partial charge in [0.05, 0.1) is 26.9 Å². The maximum Gasteiger partial charge on any atom is 0.231 e. The van der Waals surface area contributed by atoms with E-state index in [0.29, 0.717) is 34.7 Å². The van der Waals surface area contributed by atoms with Crippen LogP contribution in [-0.4, -0.2) is 42.9 Å². The lowest BCUT2D eigenvalue weighted by Crippen LogP contribution is -2.34. The van der Waals surface area contributed by atoms with Gasteiger partial charge in [-0.05, 0) is 53.2 Å². The number of ether oxygens (including phenoxy) is 5. The lowest BCUT2D eigenvalue weighted by Gasteiger charge is -2.37. The van der Waals surface area contributed by atoms with Gasteiger partial charge in [-0.25, -0.2) is 0 Å². The third kappa shape index (κ3) is 2.63. The summed E-state index contributed by atoms with van der Waals surface area (Å²) < 4.78 is 27.5. The summed E-state index contributed by atoms with van der Waals surface area (Å²) in [5.74, 6) is 1.14. The quantitative estimate of drug-likeness (QED) is 0.739. The standard InChI is InChI=1S/C21H20O7S/c1-24-15-3-9(4-16(25-2)20(15)23)17-10-5-13-14(28-8-27-13)6-11(10)19(22)12-7-26-21(29)18(12)17/h3-6,12,17-19,22-23H,7-8H2,1-2H3/t12-,17+,18-,19+/m0/s1. The van der Waals surface area contributed by atoms with Crippen LogP contribution in [0.2, 0.25) is 0 Å². The maximum absolute atomic E-state index is 11.1. The van der Waals surface area contributed by atoms with E-state index in [4.69, 9.17) is 35.9 Å². The van der Waals surface area contributed by atoms with Gasteiger partial charge in [-0.15, -0.1) is 0 Å². The second kappa shape index (κ2) is 6.67. The van der Waals surface area contributed by atoms with Crippen molar-refractivity contribution in [2.45, 2.75) is 12.0 Å². The molecule has 7 nitrogen and oxygen atoms in total. The first kappa shape index (κ1) is 18.3. The van der Waals surface area contributed by atoms with Gasteiger partial charge in [-0.3, -0.25) is 0 Å². The summed E-state index contributed by atoms with van der Waals surface area (Å²) in [6.07, 6.45) is -0.734. The summed E-state index contributed by atoms with van der Waals surface area (Å²) in [7, 11) is 2.97. The van der Waals surface area contributed by atoms with Crippen molar-refractivity contribution in [2.75, 3.05) is 27.6 Å². The van der Waals surface area contributed by atoms with E-state index in [9.17, 15) is 10.2 Å². The summed E-state index contributed by atoms with van der Waals surface area (Å²) >= 11 is 5.52. The van der Waals surface area contributed by atoms with E-state index in [2.05, 4.69) is 0 Å². The Bertz CT molecular complexity index is 980. The smallest absolute Gasteiger partial charge is 0.231 e. The van der Waals surface area contributed by atoms with E-state index in [0.717, 1.165) is 16.7 Å². The van der Waals surface area contributed by atoms with Crippen LogP contribution in [0.25, 0.3) is 0 Å². The fourth-order valence-corrected chi connectivity index (χ4v) is 5.01. The zero-order valence-electron chi connectivity index (χ0n) is 15.9. The number of fused-ring (bicyclic) bond motifs is 3. The molecule has 29 heavy (non-hydrogen) atoms. The van der Waals surface area contributed by atoms with Crippen molar-refractivity contribution in [1.29, 1.82) is 0 Å². The number of rotatable bonds is 3. The van der Waals surface area contributed by atoms with E-state index < -0.39 is 6.10 Å². The highest BCUT2D eigenvalue weighted by Gasteiger charge is 2.50. The molecule has 0 radical (unpaired) electrons. The minimum absolute atomic E-state index is 0.0673. The summed E-state index contributed by atoms with van der Waals surface area (Å²) in [5, 5.41) is 21.9. The second-order valence-electron chi connectivity index (χ2n) is 7.35. The summed E-state index contributed by atoms with van der Waals surface area (Å²) in [5.41, 5.74) is 2.48. The van der Waals surface area contributed by atoms with Gasteiger partial charge < -0.3 is 33.9 Å². The number of phenolic OH excluding ortho intramolecular Hbond substituents is 1. The van der Waals surface area contributed by atoms with Crippen molar-refractivity contribution in [3.63, 3.8) is 0 Å². The van der Waals surface area contributed by atoms with E-state index >= 15 is 0 Å². The van der Waals surface area contributed by atoms with Gasteiger partial charge in [0.2, 0.25) is 12.5 Å². The van der Waals surface area contributed by atoms with Crippen molar-refractivity contribution in [3.8, 4) is 28.7 Å². The molecule has 2 heterocycles. The topological polar surface area (TPSA) is 86.6 Å². The van der Waals surface area contributed by atoms with Crippen molar-refractivity contribution in [1.82, 2.24) is 0 Å². The molecule has 2 aromatic carbocycles. The average Bonchev–Trinajstić information content (AvgIpc) is 3.34. The number of thiocarbonyl (C=S) groups is 1. The molecule has 0 amide bonds. The molecule has 4 atom stereocenters. The third-order valence-electron chi connectivity index (χ3n) is 6.01. The Morgan fingerprint density at radius 2 is 1.59 bits per heavy atom. The number of aromatic hydroxyl groups is 1. The first-order chi connectivity index (χ1) is 14.0. The minimum Gasteiger partial charge on any atom is -0.502 e. The van der Waals surface area contributed by atoms with Crippen LogP contribution in [0.3, 0.4) is 0 Å². The van der Waals surface area contributed by atoms with Crippen molar-refractivity contribution in [3.05, 3.63) is 41.0 Å². The number of aliphatic hydroxyl groups excluding tert-OH is 1. The zero-order chi connectivity index (χ0) is 20.3. The van der Waals surface area contributed by atoms with E-state index in [1.54, 1.807) is 12.1 Å². The highest BCUT2D eigenvalue weighted by Crippen LogP contribution is 2.55. The summed E-state index contributed by atoms with van der Waals surface area (Å²) in [4.78, 5) is 0. The maximum atomic E-state index is 11.1. The Labute approximate surface area is 172 Å². The fourth-order valence-electron chi connectivity index (χ4n) is 4.63. The lowest BCUT2D eigenvalue weighted by molar-refractivity contribution is 0.0687. The van der Waals surface area contributed by atoms with E-state index in [1.807, 2.05) is 12.1 Å². The predicted molar refractivity (Wildman–Crippen MR) is 106 cm³/mol. The number of hydrogen-bond acceptors (Lipinski definition) is 8. The Balaban J connectivity index is 1.75. The Hall–Kier alpha value is -2.71. The van der Waals surface area contributed by atoms with Crippen LogP contribution >= 0.6 is 12.2 Å².